The Morgan fingerprint density at radius 2 is 2.39 bits per heavy atom. The molecule has 3 nitrogen and oxygen atoms in total. The van der Waals surface area contributed by atoms with E-state index in [2.05, 4.69) is 4.90 Å². The van der Waals surface area contributed by atoms with Gasteiger partial charge in [-0.3, -0.25) is 4.79 Å². The van der Waals surface area contributed by atoms with Crippen LogP contribution in [0.5, 0.6) is 0 Å². The predicted molar refractivity (Wildman–Crippen MR) is 73.7 cm³/mol. The molecule has 1 atom stereocenters. The van der Waals surface area contributed by atoms with Crippen LogP contribution >= 0.6 is 11.6 Å². The van der Waals surface area contributed by atoms with Crippen LogP contribution in [-0.2, 0) is 4.74 Å². The fraction of sp³-hybridized carbons (Fsp3) is 0.500. The second-order valence-corrected chi connectivity index (χ2v) is 5.11. The van der Waals surface area contributed by atoms with E-state index in [0.717, 1.165) is 38.1 Å². The fourth-order valence-electron chi connectivity index (χ4n) is 2.57. The Morgan fingerprint density at radius 3 is 3.11 bits per heavy atom. The highest BCUT2D eigenvalue weighted by Gasteiger charge is 2.22. The lowest BCUT2D eigenvalue weighted by Crippen LogP contribution is -2.37. The highest BCUT2D eigenvalue weighted by Crippen LogP contribution is 2.29. The molecule has 0 radical (unpaired) electrons. The summed E-state index contributed by atoms with van der Waals surface area (Å²) in [7, 11) is 1.73. The Labute approximate surface area is 113 Å². The molecule has 0 aromatic heterocycles. The third kappa shape index (κ3) is 2.85. The fourth-order valence-corrected chi connectivity index (χ4v) is 2.79. The number of halogens is 1. The standard InChI is InChI=1S/C14H18ClNO2/c1-18-10-11-4-3-7-16(8-11)14-6-2-5-13(15)12(14)9-17/h2,5-6,9,11H,3-4,7-8,10H2,1H3. The van der Waals surface area contributed by atoms with E-state index < -0.39 is 0 Å². The van der Waals surface area contributed by atoms with E-state index in [1.54, 1.807) is 13.2 Å². The summed E-state index contributed by atoms with van der Waals surface area (Å²) in [5.41, 5.74) is 1.54. The molecule has 4 heteroatoms. The smallest absolute Gasteiger partial charge is 0.153 e. The summed E-state index contributed by atoms with van der Waals surface area (Å²) in [6.45, 7) is 2.67. The number of methoxy groups -OCH3 is 1. The molecular weight excluding hydrogens is 250 g/mol. The van der Waals surface area contributed by atoms with Gasteiger partial charge in [0.1, 0.15) is 0 Å². The van der Waals surface area contributed by atoms with Crippen LogP contribution in [0.15, 0.2) is 18.2 Å². The van der Waals surface area contributed by atoms with Gasteiger partial charge in [0.15, 0.2) is 6.29 Å². The number of piperidine rings is 1. The van der Waals surface area contributed by atoms with Gasteiger partial charge in [0.25, 0.3) is 0 Å². The van der Waals surface area contributed by atoms with Gasteiger partial charge in [-0.25, -0.2) is 0 Å². The molecule has 1 aliphatic rings. The summed E-state index contributed by atoms with van der Waals surface area (Å²) in [5, 5.41) is 0.524. The Bertz CT molecular complexity index is 420. The van der Waals surface area contributed by atoms with Gasteiger partial charge >= 0.3 is 0 Å². The molecule has 98 valence electrons. The Balaban J connectivity index is 2.20. The van der Waals surface area contributed by atoms with Crippen molar-refractivity contribution in [1.82, 2.24) is 0 Å². The van der Waals surface area contributed by atoms with Crippen LogP contribution in [0, 0.1) is 5.92 Å². The van der Waals surface area contributed by atoms with Crippen molar-refractivity contribution in [3.05, 3.63) is 28.8 Å². The summed E-state index contributed by atoms with van der Waals surface area (Å²) in [4.78, 5) is 13.4. The molecule has 1 saturated heterocycles. The minimum Gasteiger partial charge on any atom is -0.384 e. The maximum atomic E-state index is 11.2. The number of hydrogen-bond acceptors (Lipinski definition) is 3. The minimum atomic E-state index is 0.524. The summed E-state index contributed by atoms with van der Waals surface area (Å²) in [5.74, 6) is 0.530. The molecule has 1 fully saturated rings. The zero-order valence-corrected chi connectivity index (χ0v) is 11.3. The van der Waals surface area contributed by atoms with Crippen molar-refractivity contribution in [2.75, 3.05) is 31.7 Å². The molecule has 0 N–H and O–H groups in total. The average Bonchev–Trinajstić information content (AvgIpc) is 2.39. The highest BCUT2D eigenvalue weighted by atomic mass is 35.5. The molecule has 1 unspecified atom stereocenters. The quantitative estimate of drug-likeness (QED) is 0.786. The second kappa shape index (κ2) is 6.21. The van der Waals surface area contributed by atoms with E-state index >= 15 is 0 Å². The Morgan fingerprint density at radius 1 is 1.56 bits per heavy atom. The largest absolute Gasteiger partial charge is 0.384 e. The van der Waals surface area contributed by atoms with Gasteiger partial charge < -0.3 is 9.64 Å². The zero-order chi connectivity index (χ0) is 13.0. The molecule has 0 amide bonds. The summed E-state index contributed by atoms with van der Waals surface area (Å²) in [6, 6.07) is 5.61. The van der Waals surface area contributed by atoms with E-state index in [0.29, 0.717) is 16.5 Å². The summed E-state index contributed by atoms with van der Waals surface area (Å²) < 4.78 is 5.22. The van der Waals surface area contributed by atoms with Crippen molar-refractivity contribution in [1.29, 1.82) is 0 Å². The number of rotatable bonds is 4. The van der Waals surface area contributed by atoms with Gasteiger partial charge in [-0.1, -0.05) is 17.7 Å². The third-order valence-electron chi connectivity index (χ3n) is 3.41. The van der Waals surface area contributed by atoms with Gasteiger partial charge in [0, 0.05) is 25.9 Å². The molecule has 1 aliphatic heterocycles. The first kappa shape index (κ1) is 13.4. The molecule has 1 aromatic rings. The number of ether oxygens (including phenoxy) is 1. The first-order chi connectivity index (χ1) is 8.76. The summed E-state index contributed by atoms with van der Waals surface area (Å²) in [6.07, 6.45) is 3.15. The third-order valence-corrected chi connectivity index (χ3v) is 3.74. The van der Waals surface area contributed by atoms with Crippen molar-refractivity contribution in [3.63, 3.8) is 0 Å². The van der Waals surface area contributed by atoms with Crippen molar-refractivity contribution in [2.45, 2.75) is 12.8 Å². The van der Waals surface area contributed by atoms with Crippen LogP contribution in [0.4, 0.5) is 5.69 Å². The molecular formula is C14H18ClNO2. The lowest BCUT2D eigenvalue weighted by molar-refractivity contribution is 0.112. The van der Waals surface area contributed by atoms with Crippen molar-refractivity contribution in [2.24, 2.45) is 5.92 Å². The number of nitrogens with zero attached hydrogens (tertiary/aromatic N) is 1. The minimum absolute atomic E-state index is 0.524. The zero-order valence-electron chi connectivity index (χ0n) is 10.6. The van der Waals surface area contributed by atoms with Crippen LogP contribution in [0.1, 0.15) is 23.2 Å². The van der Waals surface area contributed by atoms with Gasteiger partial charge in [0.2, 0.25) is 0 Å². The molecule has 0 bridgehead atoms. The topological polar surface area (TPSA) is 29.5 Å². The van der Waals surface area contributed by atoms with E-state index in [1.807, 2.05) is 12.1 Å². The number of aldehydes is 1. The number of benzene rings is 1. The van der Waals surface area contributed by atoms with Gasteiger partial charge in [0.05, 0.1) is 17.2 Å². The molecule has 2 rings (SSSR count). The lowest BCUT2D eigenvalue weighted by atomic mass is 9.97. The van der Waals surface area contributed by atoms with E-state index in [1.165, 1.54) is 6.42 Å². The van der Waals surface area contributed by atoms with Crippen LogP contribution in [0.2, 0.25) is 5.02 Å². The predicted octanol–water partition coefficient (Wildman–Crippen LogP) is 3.02. The maximum absolute atomic E-state index is 11.2. The number of hydrogen-bond donors (Lipinski definition) is 0. The van der Waals surface area contributed by atoms with Crippen LogP contribution in [0.3, 0.4) is 0 Å². The first-order valence-electron chi connectivity index (χ1n) is 6.24. The Hall–Kier alpha value is -1.06. The molecule has 0 aliphatic carbocycles. The number of anilines is 1. The van der Waals surface area contributed by atoms with Crippen molar-refractivity contribution >= 4 is 23.6 Å². The van der Waals surface area contributed by atoms with Crippen molar-refractivity contribution < 1.29 is 9.53 Å². The molecule has 1 heterocycles. The molecule has 18 heavy (non-hydrogen) atoms. The molecule has 1 aromatic carbocycles. The maximum Gasteiger partial charge on any atom is 0.153 e. The van der Waals surface area contributed by atoms with E-state index in [9.17, 15) is 4.79 Å². The second-order valence-electron chi connectivity index (χ2n) is 4.70. The highest BCUT2D eigenvalue weighted by molar-refractivity contribution is 6.33. The van der Waals surface area contributed by atoms with E-state index in [-0.39, 0.29) is 0 Å². The first-order valence-corrected chi connectivity index (χ1v) is 6.61. The Kier molecular flexibility index (Phi) is 4.61. The normalized spacial score (nSPS) is 19.9. The lowest BCUT2D eigenvalue weighted by Gasteiger charge is -2.34. The van der Waals surface area contributed by atoms with E-state index in [4.69, 9.17) is 16.3 Å². The van der Waals surface area contributed by atoms with Gasteiger partial charge in [-0.2, -0.15) is 0 Å². The van der Waals surface area contributed by atoms with Gasteiger partial charge in [-0.05, 0) is 30.9 Å². The van der Waals surface area contributed by atoms with Crippen LogP contribution in [0.25, 0.3) is 0 Å². The van der Waals surface area contributed by atoms with Crippen molar-refractivity contribution in [3.8, 4) is 0 Å². The van der Waals surface area contributed by atoms with Crippen LogP contribution < -0.4 is 4.90 Å². The van der Waals surface area contributed by atoms with Crippen LogP contribution in [-0.4, -0.2) is 33.1 Å². The molecule has 0 saturated carbocycles. The number of carbonyl (C=O) groups is 1. The SMILES string of the molecule is COCC1CCCN(c2cccc(Cl)c2C=O)C1. The van der Waals surface area contributed by atoms with Gasteiger partial charge in [-0.15, -0.1) is 0 Å². The number of carbonyl (C=O) groups excluding carboxylic acids is 1. The average molecular weight is 268 g/mol. The monoisotopic (exact) mass is 267 g/mol. The summed E-state index contributed by atoms with van der Waals surface area (Å²) >= 11 is 6.06. The molecule has 0 spiro atoms.